The van der Waals surface area contributed by atoms with E-state index in [1.807, 2.05) is 32.0 Å². The number of piperazine rings is 1. The summed E-state index contributed by atoms with van der Waals surface area (Å²) in [4.78, 5) is 16.8. The fourth-order valence-electron chi connectivity index (χ4n) is 3.05. The number of carbonyl (C=O) groups excluding carboxylic acids is 1. The Morgan fingerprint density at radius 3 is 2.22 bits per heavy atom. The van der Waals surface area contributed by atoms with Crippen molar-refractivity contribution in [3.05, 3.63) is 29.3 Å². The molecule has 2 N–H and O–H groups in total. The van der Waals surface area contributed by atoms with E-state index in [1.165, 1.54) is 0 Å². The Hall–Kier alpha value is -1.43. The van der Waals surface area contributed by atoms with Gasteiger partial charge in [-0.3, -0.25) is 9.69 Å². The maximum atomic E-state index is 12.1. The van der Waals surface area contributed by atoms with E-state index in [2.05, 4.69) is 15.1 Å². The molecule has 1 fully saturated rings. The number of aliphatic hydroxyl groups excluding tert-OH is 1. The van der Waals surface area contributed by atoms with Crippen molar-refractivity contribution >= 4 is 11.6 Å². The minimum absolute atomic E-state index is 0.0984. The van der Waals surface area contributed by atoms with Gasteiger partial charge in [0.15, 0.2) is 0 Å². The number of amides is 1. The first-order valence-electron chi connectivity index (χ1n) is 8.52. The molecule has 1 heterocycles. The van der Waals surface area contributed by atoms with Crippen LogP contribution in [-0.4, -0.2) is 66.7 Å². The van der Waals surface area contributed by atoms with Crippen LogP contribution in [0.4, 0.5) is 5.69 Å². The van der Waals surface area contributed by atoms with E-state index in [-0.39, 0.29) is 12.5 Å². The van der Waals surface area contributed by atoms with Gasteiger partial charge < -0.3 is 15.3 Å². The fourth-order valence-corrected chi connectivity index (χ4v) is 3.05. The Morgan fingerprint density at radius 2 is 1.65 bits per heavy atom. The molecule has 1 aromatic carbocycles. The molecule has 128 valence electrons. The van der Waals surface area contributed by atoms with Gasteiger partial charge in [-0.15, -0.1) is 0 Å². The number of benzene rings is 1. The van der Waals surface area contributed by atoms with E-state index in [0.717, 1.165) is 62.5 Å². The van der Waals surface area contributed by atoms with Crippen LogP contribution in [0.5, 0.6) is 0 Å². The van der Waals surface area contributed by atoms with Crippen LogP contribution in [0.1, 0.15) is 24.0 Å². The highest BCUT2D eigenvalue weighted by Gasteiger charge is 2.16. The van der Waals surface area contributed by atoms with Gasteiger partial charge in [0.05, 0.1) is 6.61 Å². The predicted octanol–water partition coefficient (Wildman–Crippen LogP) is 1.63. The Labute approximate surface area is 139 Å². The van der Waals surface area contributed by atoms with E-state index < -0.39 is 0 Å². The summed E-state index contributed by atoms with van der Waals surface area (Å²) in [6, 6.07) is 6.06. The molecule has 0 atom stereocenters. The molecule has 23 heavy (non-hydrogen) atoms. The highest BCUT2D eigenvalue weighted by molar-refractivity contribution is 5.92. The van der Waals surface area contributed by atoms with Crippen molar-refractivity contribution in [2.75, 3.05) is 51.2 Å². The summed E-state index contributed by atoms with van der Waals surface area (Å²) in [6.07, 6.45) is 1.45. The van der Waals surface area contributed by atoms with E-state index in [0.29, 0.717) is 6.42 Å². The highest BCUT2D eigenvalue weighted by atomic mass is 16.3. The topological polar surface area (TPSA) is 55.8 Å². The molecule has 0 aliphatic carbocycles. The summed E-state index contributed by atoms with van der Waals surface area (Å²) in [5.41, 5.74) is 3.17. The number of carbonyl (C=O) groups is 1. The zero-order valence-electron chi connectivity index (χ0n) is 14.3. The smallest absolute Gasteiger partial charge is 0.224 e. The number of hydrogen-bond donors (Lipinski definition) is 2. The number of nitrogens with one attached hydrogen (secondary N) is 1. The SMILES string of the molecule is Cc1cccc(C)c1NC(=O)CCCN1CCN(CCO)CC1. The third kappa shape index (κ3) is 5.61. The quantitative estimate of drug-likeness (QED) is 0.802. The predicted molar refractivity (Wildman–Crippen MR) is 93.7 cm³/mol. The molecule has 0 spiro atoms. The van der Waals surface area contributed by atoms with Crippen LogP contribution in [0, 0.1) is 13.8 Å². The number of aryl methyl sites for hydroxylation is 2. The molecule has 0 saturated carbocycles. The van der Waals surface area contributed by atoms with Gasteiger partial charge >= 0.3 is 0 Å². The van der Waals surface area contributed by atoms with Crippen LogP contribution in [0.2, 0.25) is 0 Å². The lowest BCUT2D eigenvalue weighted by Crippen LogP contribution is -2.47. The summed E-state index contributed by atoms with van der Waals surface area (Å²) < 4.78 is 0. The minimum Gasteiger partial charge on any atom is -0.395 e. The average Bonchev–Trinajstić information content (AvgIpc) is 2.53. The first-order valence-corrected chi connectivity index (χ1v) is 8.52. The summed E-state index contributed by atoms with van der Waals surface area (Å²) in [5.74, 6) is 0.0984. The van der Waals surface area contributed by atoms with Crippen LogP contribution in [0.3, 0.4) is 0 Å². The first-order chi connectivity index (χ1) is 11.1. The number of aliphatic hydroxyl groups is 1. The van der Waals surface area contributed by atoms with Crippen LogP contribution < -0.4 is 5.32 Å². The standard InChI is InChI=1S/C18H29N3O2/c1-15-5-3-6-16(2)18(15)19-17(23)7-4-8-20-9-11-21(12-10-20)13-14-22/h3,5-6,22H,4,7-14H2,1-2H3,(H,19,23). The van der Waals surface area contributed by atoms with Crippen LogP contribution in [0.25, 0.3) is 0 Å². The average molecular weight is 319 g/mol. The second-order valence-corrected chi connectivity index (χ2v) is 6.33. The minimum atomic E-state index is 0.0984. The van der Waals surface area contributed by atoms with Gasteiger partial charge in [0.2, 0.25) is 5.91 Å². The van der Waals surface area contributed by atoms with Crippen molar-refractivity contribution in [1.82, 2.24) is 9.80 Å². The Kier molecular flexibility index (Phi) is 7.02. The van der Waals surface area contributed by atoms with Gasteiger partial charge in [0.25, 0.3) is 0 Å². The van der Waals surface area contributed by atoms with E-state index in [9.17, 15) is 4.79 Å². The molecule has 1 amide bonds. The summed E-state index contributed by atoms with van der Waals surface area (Å²) in [6.45, 7) is 10.1. The molecular formula is C18H29N3O2. The molecule has 1 saturated heterocycles. The molecular weight excluding hydrogens is 290 g/mol. The van der Waals surface area contributed by atoms with Gasteiger partial charge in [0.1, 0.15) is 0 Å². The second-order valence-electron chi connectivity index (χ2n) is 6.33. The largest absolute Gasteiger partial charge is 0.395 e. The second kappa shape index (κ2) is 9.01. The van der Waals surface area contributed by atoms with Crippen molar-refractivity contribution in [1.29, 1.82) is 0 Å². The maximum Gasteiger partial charge on any atom is 0.224 e. The van der Waals surface area contributed by atoms with Crippen molar-refractivity contribution < 1.29 is 9.90 Å². The fraction of sp³-hybridized carbons (Fsp3) is 0.611. The third-order valence-electron chi connectivity index (χ3n) is 4.50. The van der Waals surface area contributed by atoms with E-state index in [1.54, 1.807) is 0 Å². The summed E-state index contributed by atoms with van der Waals surface area (Å²) in [5, 5.41) is 12.0. The Morgan fingerprint density at radius 1 is 1.09 bits per heavy atom. The van der Waals surface area contributed by atoms with Gasteiger partial charge in [-0.25, -0.2) is 0 Å². The summed E-state index contributed by atoms with van der Waals surface area (Å²) in [7, 11) is 0. The molecule has 2 rings (SSSR count). The first kappa shape index (κ1) is 17.9. The number of β-amino-alcohol motifs (C(OH)–C–C–N with tert-alkyl or cyclic N) is 1. The van der Waals surface area contributed by atoms with E-state index >= 15 is 0 Å². The van der Waals surface area contributed by atoms with Crippen molar-refractivity contribution in [2.24, 2.45) is 0 Å². The molecule has 0 aromatic heterocycles. The number of para-hydroxylation sites is 1. The molecule has 1 aliphatic heterocycles. The van der Waals surface area contributed by atoms with Crippen molar-refractivity contribution in [2.45, 2.75) is 26.7 Å². The lowest BCUT2D eigenvalue weighted by Gasteiger charge is -2.34. The van der Waals surface area contributed by atoms with Gasteiger partial charge in [-0.2, -0.15) is 0 Å². The van der Waals surface area contributed by atoms with Gasteiger partial charge in [0, 0.05) is 44.8 Å². The molecule has 0 bridgehead atoms. The molecule has 0 radical (unpaired) electrons. The summed E-state index contributed by atoms with van der Waals surface area (Å²) >= 11 is 0. The van der Waals surface area contributed by atoms with Crippen LogP contribution >= 0.6 is 0 Å². The lowest BCUT2D eigenvalue weighted by atomic mass is 10.1. The van der Waals surface area contributed by atoms with E-state index in [4.69, 9.17) is 5.11 Å². The number of nitrogens with zero attached hydrogens (tertiary/aromatic N) is 2. The van der Waals surface area contributed by atoms with Crippen LogP contribution in [-0.2, 0) is 4.79 Å². The maximum absolute atomic E-state index is 12.1. The number of rotatable bonds is 7. The molecule has 0 unspecified atom stereocenters. The number of hydrogen-bond acceptors (Lipinski definition) is 4. The lowest BCUT2D eigenvalue weighted by molar-refractivity contribution is -0.116. The zero-order valence-corrected chi connectivity index (χ0v) is 14.3. The zero-order chi connectivity index (χ0) is 16.7. The van der Waals surface area contributed by atoms with Gasteiger partial charge in [-0.05, 0) is 37.9 Å². The third-order valence-corrected chi connectivity index (χ3v) is 4.50. The van der Waals surface area contributed by atoms with Crippen molar-refractivity contribution in [3.8, 4) is 0 Å². The normalized spacial score (nSPS) is 16.5. The highest BCUT2D eigenvalue weighted by Crippen LogP contribution is 2.19. The Balaban J connectivity index is 1.68. The molecule has 1 aromatic rings. The monoisotopic (exact) mass is 319 g/mol. The van der Waals surface area contributed by atoms with Crippen LogP contribution in [0.15, 0.2) is 18.2 Å². The Bertz CT molecular complexity index is 491. The molecule has 1 aliphatic rings. The van der Waals surface area contributed by atoms with Crippen molar-refractivity contribution in [3.63, 3.8) is 0 Å². The molecule has 5 heteroatoms. The number of anilines is 1. The molecule has 5 nitrogen and oxygen atoms in total. The van der Waals surface area contributed by atoms with Gasteiger partial charge in [-0.1, -0.05) is 18.2 Å².